The lowest BCUT2D eigenvalue weighted by atomic mass is 10.0. The van der Waals surface area contributed by atoms with E-state index in [-0.39, 0.29) is 17.7 Å². The summed E-state index contributed by atoms with van der Waals surface area (Å²) in [6.07, 6.45) is 2.13. The lowest BCUT2D eigenvalue weighted by molar-refractivity contribution is -0.142. The first-order valence-corrected chi connectivity index (χ1v) is 6.67. The molecule has 1 aromatic heterocycles. The van der Waals surface area contributed by atoms with Crippen LogP contribution in [0.25, 0.3) is 11.0 Å². The molecule has 0 saturated heterocycles. The van der Waals surface area contributed by atoms with Gasteiger partial charge in [0.15, 0.2) is 5.76 Å². The van der Waals surface area contributed by atoms with Crippen LogP contribution in [-0.2, 0) is 4.79 Å². The first-order valence-electron chi connectivity index (χ1n) is 6.67. The van der Waals surface area contributed by atoms with Gasteiger partial charge in [-0.25, -0.2) is 0 Å². The number of carboxylic acids is 1. The highest BCUT2D eigenvalue weighted by Gasteiger charge is 2.34. The van der Waals surface area contributed by atoms with Crippen LogP contribution >= 0.6 is 0 Å². The van der Waals surface area contributed by atoms with E-state index in [1.54, 1.807) is 12.1 Å². The normalized spacial score (nSPS) is 22.0. The molecule has 0 radical (unpaired) electrons. The maximum Gasteiger partial charge on any atom is 0.308 e. The highest BCUT2D eigenvalue weighted by Crippen LogP contribution is 2.26. The molecular formula is C15H15NO4. The molecule has 0 bridgehead atoms. The molecule has 5 heteroatoms. The van der Waals surface area contributed by atoms with Crippen LogP contribution in [0.5, 0.6) is 0 Å². The third-order valence-corrected chi connectivity index (χ3v) is 3.80. The van der Waals surface area contributed by atoms with Gasteiger partial charge in [-0.2, -0.15) is 0 Å². The van der Waals surface area contributed by atoms with E-state index in [2.05, 4.69) is 5.32 Å². The largest absolute Gasteiger partial charge is 0.481 e. The van der Waals surface area contributed by atoms with E-state index in [0.29, 0.717) is 18.4 Å². The van der Waals surface area contributed by atoms with Crippen molar-refractivity contribution in [1.29, 1.82) is 0 Å². The van der Waals surface area contributed by atoms with E-state index >= 15 is 0 Å². The zero-order valence-corrected chi connectivity index (χ0v) is 10.8. The van der Waals surface area contributed by atoms with Crippen LogP contribution in [-0.4, -0.2) is 23.0 Å². The fourth-order valence-electron chi connectivity index (χ4n) is 2.76. The van der Waals surface area contributed by atoms with Crippen molar-refractivity contribution in [2.45, 2.75) is 25.3 Å². The Balaban J connectivity index is 1.77. The average Bonchev–Trinajstić information content (AvgIpc) is 3.03. The lowest BCUT2D eigenvalue weighted by Gasteiger charge is -2.16. The number of amides is 1. The molecule has 1 aliphatic carbocycles. The minimum Gasteiger partial charge on any atom is -0.481 e. The Morgan fingerprint density at radius 3 is 2.80 bits per heavy atom. The molecule has 20 heavy (non-hydrogen) atoms. The number of carbonyl (C=O) groups excluding carboxylic acids is 1. The monoisotopic (exact) mass is 273 g/mol. The molecule has 1 aromatic carbocycles. The number of rotatable bonds is 3. The summed E-state index contributed by atoms with van der Waals surface area (Å²) < 4.78 is 5.48. The number of hydrogen-bond acceptors (Lipinski definition) is 3. The van der Waals surface area contributed by atoms with Crippen LogP contribution in [0.3, 0.4) is 0 Å². The molecule has 1 saturated carbocycles. The van der Waals surface area contributed by atoms with Crippen LogP contribution in [0, 0.1) is 5.92 Å². The first-order chi connectivity index (χ1) is 9.65. The van der Waals surface area contributed by atoms with E-state index in [4.69, 9.17) is 9.52 Å². The zero-order valence-electron chi connectivity index (χ0n) is 10.8. The Labute approximate surface area is 115 Å². The molecule has 2 N–H and O–H groups in total. The molecule has 3 rings (SSSR count). The van der Waals surface area contributed by atoms with Gasteiger partial charge in [-0.15, -0.1) is 0 Å². The number of para-hydroxylation sites is 1. The van der Waals surface area contributed by atoms with Crippen LogP contribution in [0.4, 0.5) is 0 Å². The number of benzene rings is 1. The summed E-state index contributed by atoms with van der Waals surface area (Å²) in [6, 6.07) is 8.73. The summed E-state index contributed by atoms with van der Waals surface area (Å²) in [5.74, 6) is -1.47. The third kappa shape index (κ3) is 2.27. The maximum absolute atomic E-state index is 12.1. The van der Waals surface area contributed by atoms with E-state index in [9.17, 15) is 9.59 Å². The van der Waals surface area contributed by atoms with E-state index < -0.39 is 11.9 Å². The molecule has 5 nitrogen and oxygen atoms in total. The zero-order chi connectivity index (χ0) is 14.1. The van der Waals surface area contributed by atoms with Gasteiger partial charge in [-0.1, -0.05) is 24.6 Å². The number of aliphatic carboxylic acids is 1. The Bertz CT molecular complexity index is 628. The number of nitrogens with one attached hydrogen (secondary N) is 1. The molecule has 1 fully saturated rings. The van der Waals surface area contributed by atoms with Crippen molar-refractivity contribution < 1.29 is 19.1 Å². The minimum absolute atomic E-state index is 0.224. The number of carboxylic acid groups (broad SMARTS) is 1. The predicted molar refractivity (Wildman–Crippen MR) is 72.4 cm³/mol. The van der Waals surface area contributed by atoms with Gasteiger partial charge in [0.05, 0.1) is 5.92 Å². The quantitative estimate of drug-likeness (QED) is 0.900. The van der Waals surface area contributed by atoms with Crippen LogP contribution in [0.2, 0.25) is 0 Å². The first kappa shape index (κ1) is 12.7. The summed E-state index contributed by atoms with van der Waals surface area (Å²) in [5.41, 5.74) is 0.652. The van der Waals surface area contributed by atoms with E-state index in [1.165, 1.54) is 0 Å². The second-order valence-electron chi connectivity index (χ2n) is 5.10. The topological polar surface area (TPSA) is 79.5 Å². The molecular weight excluding hydrogens is 258 g/mol. The van der Waals surface area contributed by atoms with Gasteiger partial charge in [-0.05, 0) is 25.0 Å². The smallest absolute Gasteiger partial charge is 0.308 e. The number of furan rings is 1. The second-order valence-corrected chi connectivity index (χ2v) is 5.10. The third-order valence-electron chi connectivity index (χ3n) is 3.80. The van der Waals surface area contributed by atoms with Gasteiger partial charge in [0.25, 0.3) is 5.91 Å². The molecule has 0 spiro atoms. The molecule has 2 aromatic rings. The van der Waals surface area contributed by atoms with Gasteiger partial charge in [0.2, 0.25) is 0 Å². The second kappa shape index (κ2) is 5.00. The average molecular weight is 273 g/mol. The van der Waals surface area contributed by atoms with Crippen molar-refractivity contribution in [3.8, 4) is 0 Å². The van der Waals surface area contributed by atoms with Crippen LogP contribution < -0.4 is 5.32 Å². The summed E-state index contributed by atoms with van der Waals surface area (Å²) >= 11 is 0. The van der Waals surface area contributed by atoms with Crippen LogP contribution in [0.1, 0.15) is 29.8 Å². The number of hydrogen-bond donors (Lipinski definition) is 2. The molecule has 104 valence electrons. The maximum atomic E-state index is 12.1. The van der Waals surface area contributed by atoms with Crippen molar-refractivity contribution in [2.75, 3.05) is 0 Å². The van der Waals surface area contributed by atoms with Gasteiger partial charge >= 0.3 is 5.97 Å². The fourth-order valence-corrected chi connectivity index (χ4v) is 2.76. The van der Waals surface area contributed by atoms with Gasteiger partial charge in [0, 0.05) is 11.4 Å². The summed E-state index contributed by atoms with van der Waals surface area (Å²) in [6.45, 7) is 0. The lowest BCUT2D eigenvalue weighted by Crippen LogP contribution is -2.40. The Kier molecular flexibility index (Phi) is 3.18. The number of carbonyl (C=O) groups is 2. The molecule has 2 atom stereocenters. The standard InChI is InChI=1S/C15H15NO4/c17-14(16-11-6-3-5-10(11)15(18)19)13-8-9-4-1-2-7-12(9)20-13/h1-2,4,7-8,10-11H,3,5-6H2,(H,16,17)(H,18,19)/t10-,11+/m1/s1. The Morgan fingerprint density at radius 2 is 2.05 bits per heavy atom. The Hall–Kier alpha value is -2.30. The highest BCUT2D eigenvalue weighted by atomic mass is 16.4. The van der Waals surface area contributed by atoms with E-state index in [0.717, 1.165) is 11.8 Å². The van der Waals surface area contributed by atoms with Crippen molar-refractivity contribution in [1.82, 2.24) is 5.32 Å². The molecule has 0 aliphatic heterocycles. The van der Waals surface area contributed by atoms with Crippen molar-refractivity contribution >= 4 is 22.8 Å². The summed E-state index contributed by atoms with van der Waals surface area (Å²) in [4.78, 5) is 23.2. The van der Waals surface area contributed by atoms with Crippen molar-refractivity contribution in [2.24, 2.45) is 5.92 Å². The molecule has 1 amide bonds. The summed E-state index contributed by atoms with van der Waals surface area (Å²) in [5, 5.41) is 12.7. The SMILES string of the molecule is O=C(N[C@H]1CCC[C@H]1C(=O)O)c1cc2ccccc2o1. The predicted octanol–water partition coefficient (Wildman–Crippen LogP) is 2.42. The van der Waals surface area contributed by atoms with Gasteiger partial charge in [-0.3, -0.25) is 9.59 Å². The molecule has 1 aliphatic rings. The minimum atomic E-state index is -0.850. The summed E-state index contributed by atoms with van der Waals surface area (Å²) in [7, 11) is 0. The highest BCUT2D eigenvalue weighted by molar-refractivity contribution is 5.96. The van der Waals surface area contributed by atoms with E-state index in [1.807, 2.05) is 18.2 Å². The van der Waals surface area contributed by atoms with Crippen molar-refractivity contribution in [3.63, 3.8) is 0 Å². The molecule has 1 heterocycles. The van der Waals surface area contributed by atoms with Gasteiger partial charge < -0.3 is 14.8 Å². The fraction of sp³-hybridized carbons (Fsp3) is 0.333. The Morgan fingerprint density at radius 1 is 1.25 bits per heavy atom. The van der Waals surface area contributed by atoms with Gasteiger partial charge in [0.1, 0.15) is 5.58 Å². The van der Waals surface area contributed by atoms with Crippen molar-refractivity contribution in [3.05, 3.63) is 36.1 Å². The van der Waals surface area contributed by atoms with Crippen LogP contribution in [0.15, 0.2) is 34.7 Å². The number of fused-ring (bicyclic) bond motifs is 1. The molecule has 0 unspecified atom stereocenters.